The van der Waals surface area contributed by atoms with Gasteiger partial charge in [0.2, 0.25) is 0 Å². The molecule has 0 fully saturated rings. The molecule has 0 amide bonds. The highest BCUT2D eigenvalue weighted by Crippen LogP contribution is 2.53. The Hall–Kier alpha value is -3.20. The maximum Gasteiger partial charge on any atom is 0.0434 e. The summed E-state index contributed by atoms with van der Waals surface area (Å²) < 4.78 is 2.74. The fourth-order valence-corrected chi connectivity index (χ4v) is 8.37. The predicted molar refractivity (Wildman–Crippen MR) is 172 cm³/mol. The number of thiophene rings is 2. The first kappa shape index (κ1) is 23.9. The van der Waals surface area contributed by atoms with Gasteiger partial charge in [-0.15, -0.1) is 22.7 Å². The second-order valence-electron chi connectivity index (χ2n) is 12.6. The van der Waals surface area contributed by atoms with Crippen molar-refractivity contribution in [1.29, 1.82) is 0 Å². The second-order valence-corrected chi connectivity index (χ2v) is 14.7. The molecule has 7 aromatic rings. The lowest BCUT2D eigenvalue weighted by Crippen LogP contribution is -2.10. The van der Waals surface area contributed by atoms with E-state index in [2.05, 4.69) is 126 Å². The Bertz CT molecular complexity index is 1800. The molecule has 0 aliphatic heterocycles. The van der Waals surface area contributed by atoms with Crippen LogP contribution in [-0.4, -0.2) is 0 Å². The van der Waals surface area contributed by atoms with Gasteiger partial charge in [0.1, 0.15) is 0 Å². The number of fused-ring (bicyclic) bond motifs is 2. The van der Waals surface area contributed by atoms with Crippen molar-refractivity contribution in [3.05, 3.63) is 96.1 Å². The molecule has 188 valence electrons. The SMILES string of the molecule is CC(C)(C)c1ccc(-c2sc3cccc4c5c(-c6ccc(C(C)(C)C)cc6)sc6cccc(c2c34)c65)cc1. The molecule has 0 saturated heterocycles. The molecule has 0 radical (unpaired) electrons. The predicted octanol–water partition coefficient (Wildman–Crippen LogP) is 11.8. The Morgan fingerprint density at radius 1 is 0.421 bits per heavy atom. The van der Waals surface area contributed by atoms with Gasteiger partial charge in [0.15, 0.2) is 0 Å². The Morgan fingerprint density at radius 3 is 1.13 bits per heavy atom. The molecule has 2 aromatic heterocycles. The molecule has 0 aliphatic carbocycles. The van der Waals surface area contributed by atoms with E-state index >= 15 is 0 Å². The molecular weight excluding hydrogens is 497 g/mol. The van der Waals surface area contributed by atoms with Gasteiger partial charge < -0.3 is 0 Å². The van der Waals surface area contributed by atoms with Crippen LogP contribution in [0.4, 0.5) is 0 Å². The van der Waals surface area contributed by atoms with E-state index in [0.717, 1.165) is 0 Å². The van der Waals surface area contributed by atoms with Crippen LogP contribution in [0, 0.1) is 0 Å². The summed E-state index contributed by atoms with van der Waals surface area (Å²) >= 11 is 3.87. The van der Waals surface area contributed by atoms with E-state index in [0.29, 0.717) is 0 Å². The van der Waals surface area contributed by atoms with Crippen molar-refractivity contribution in [2.24, 2.45) is 0 Å². The zero-order valence-electron chi connectivity index (χ0n) is 22.9. The maximum atomic E-state index is 2.34. The summed E-state index contributed by atoms with van der Waals surface area (Å²) in [7, 11) is 0. The molecule has 2 heteroatoms. The van der Waals surface area contributed by atoms with Crippen LogP contribution in [0.5, 0.6) is 0 Å². The molecule has 0 bridgehead atoms. The minimum absolute atomic E-state index is 0.152. The van der Waals surface area contributed by atoms with Crippen molar-refractivity contribution in [1.82, 2.24) is 0 Å². The lowest BCUT2D eigenvalue weighted by Gasteiger charge is -2.19. The van der Waals surface area contributed by atoms with E-state index < -0.39 is 0 Å². The van der Waals surface area contributed by atoms with Gasteiger partial charge in [-0.3, -0.25) is 0 Å². The van der Waals surface area contributed by atoms with Gasteiger partial charge in [0.05, 0.1) is 0 Å². The van der Waals surface area contributed by atoms with Crippen molar-refractivity contribution in [2.45, 2.75) is 52.4 Å². The lowest BCUT2D eigenvalue weighted by atomic mass is 9.86. The number of hydrogen-bond donors (Lipinski definition) is 0. The Labute approximate surface area is 232 Å². The molecule has 5 aromatic carbocycles. The summed E-state index contributed by atoms with van der Waals surface area (Å²) in [4.78, 5) is 2.77. The third-order valence-corrected chi connectivity index (χ3v) is 10.4. The maximum absolute atomic E-state index is 2.34. The van der Waals surface area contributed by atoms with Gasteiger partial charge in [-0.05, 0) is 56.0 Å². The molecule has 0 saturated carbocycles. The number of rotatable bonds is 2. The number of benzene rings is 5. The quantitative estimate of drug-likeness (QED) is 0.196. The average Bonchev–Trinajstić information content (AvgIpc) is 3.47. The first-order chi connectivity index (χ1) is 18.1. The molecule has 38 heavy (non-hydrogen) atoms. The largest absolute Gasteiger partial charge is 0.135 e. The topological polar surface area (TPSA) is 0 Å². The fourth-order valence-electron chi connectivity index (χ4n) is 5.88. The van der Waals surface area contributed by atoms with Crippen molar-refractivity contribution < 1.29 is 0 Å². The lowest BCUT2D eigenvalue weighted by molar-refractivity contribution is 0.590. The normalized spacial score (nSPS) is 13.0. The molecule has 0 N–H and O–H groups in total. The van der Waals surface area contributed by atoms with Crippen molar-refractivity contribution in [3.8, 4) is 20.9 Å². The second kappa shape index (κ2) is 8.15. The highest BCUT2D eigenvalue weighted by Gasteiger charge is 2.23. The van der Waals surface area contributed by atoms with Gasteiger partial charge in [-0.2, -0.15) is 0 Å². The molecule has 0 atom stereocenters. The average molecular weight is 529 g/mol. The van der Waals surface area contributed by atoms with Crippen LogP contribution in [0.25, 0.3) is 62.6 Å². The zero-order chi connectivity index (χ0) is 26.4. The van der Waals surface area contributed by atoms with Gasteiger partial charge in [0, 0.05) is 40.7 Å². The van der Waals surface area contributed by atoms with E-state index in [1.807, 2.05) is 22.7 Å². The van der Waals surface area contributed by atoms with Crippen LogP contribution in [-0.2, 0) is 10.8 Å². The highest BCUT2D eigenvalue weighted by molar-refractivity contribution is 7.25. The summed E-state index contributed by atoms with van der Waals surface area (Å²) in [6, 6.07) is 32.3. The monoisotopic (exact) mass is 528 g/mol. The van der Waals surface area contributed by atoms with Gasteiger partial charge >= 0.3 is 0 Å². The Morgan fingerprint density at radius 2 is 0.789 bits per heavy atom. The highest BCUT2D eigenvalue weighted by atomic mass is 32.1. The van der Waals surface area contributed by atoms with Crippen LogP contribution in [0.2, 0.25) is 0 Å². The Balaban J connectivity index is 1.54. The molecule has 7 rings (SSSR count). The van der Waals surface area contributed by atoms with Crippen LogP contribution in [0.15, 0.2) is 84.9 Å². The minimum atomic E-state index is 0.152. The van der Waals surface area contributed by atoms with E-state index in [4.69, 9.17) is 0 Å². The smallest absolute Gasteiger partial charge is 0.0434 e. The summed E-state index contributed by atoms with van der Waals surface area (Å²) in [6.45, 7) is 13.7. The molecule has 0 unspecified atom stereocenters. The standard InChI is InChI=1S/C36H32S2/c1-35(2,3)23-17-13-21(14-18-23)33-31-25-9-7-12-28-30(25)32(26-10-8-11-27(37-33)29(26)31)34(38-28)22-15-19-24(20-16-22)36(4,5)6/h7-20H,1-6H3. The third-order valence-electron chi connectivity index (χ3n) is 8.00. The van der Waals surface area contributed by atoms with E-state index in [1.165, 1.54) is 73.7 Å². The van der Waals surface area contributed by atoms with Gasteiger partial charge in [-0.1, -0.05) is 114 Å². The van der Waals surface area contributed by atoms with Gasteiger partial charge in [0.25, 0.3) is 0 Å². The molecule has 0 aliphatic rings. The van der Waals surface area contributed by atoms with Crippen molar-refractivity contribution in [3.63, 3.8) is 0 Å². The summed E-state index contributed by atoms with van der Waals surface area (Å²) in [5, 5.41) is 8.42. The van der Waals surface area contributed by atoms with E-state index in [9.17, 15) is 0 Å². The fraction of sp³-hybridized carbons (Fsp3) is 0.222. The summed E-state index contributed by atoms with van der Waals surface area (Å²) in [5.74, 6) is 0. The van der Waals surface area contributed by atoms with Crippen molar-refractivity contribution in [2.75, 3.05) is 0 Å². The third kappa shape index (κ3) is 3.54. The molecule has 0 nitrogen and oxygen atoms in total. The summed E-state index contributed by atoms with van der Waals surface area (Å²) in [6.07, 6.45) is 0. The molecular formula is C36H32S2. The number of hydrogen-bond acceptors (Lipinski definition) is 2. The zero-order valence-corrected chi connectivity index (χ0v) is 24.5. The van der Waals surface area contributed by atoms with E-state index in [1.54, 1.807) is 0 Å². The van der Waals surface area contributed by atoms with E-state index in [-0.39, 0.29) is 10.8 Å². The molecule has 2 heterocycles. The first-order valence-corrected chi connectivity index (χ1v) is 15.1. The Kier molecular flexibility index (Phi) is 5.12. The van der Waals surface area contributed by atoms with Crippen LogP contribution >= 0.6 is 22.7 Å². The van der Waals surface area contributed by atoms with Crippen LogP contribution in [0.1, 0.15) is 52.7 Å². The van der Waals surface area contributed by atoms with Crippen LogP contribution in [0.3, 0.4) is 0 Å². The van der Waals surface area contributed by atoms with Crippen LogP contribution < -0.4 is 0 Å². The van der Waals surface area contributed by atoms with Gasteiger partial charge in [-0.25, -0.2) is 0 Å². The molecule has 0 spiro atoms. The summed E-state index contributed by atoms with van der Waals surface area (Å²) in [5.41, 5.74) is 5.68. The van der Waals surface area contributed by atoms with Crippen molar-refractivity contribution >= 4 is 64.4 Å². The minimum Gasteiger partial charge on any atom is -0.135 e. The first-order valence-electron chi connectivity index (χ1n) is 13.4.